The molecule has 1 aromatic heterocycles. The third-order valence-corrected chi connectivity index (χ3v) is 3.88. The molecule has 3 rings (SSSR count). The Morgan fingerprint density at radius 3 is 2.71 bits per heavy atom. The van der Waals surface area contributed by atoms with E-state index in [0.29, 0.717) is 0 Å². The van der Waals surface area contributed by atoms with Gasteiger partial charge >= 0.3 is 6.18 Å². The van der Waals surface area contributed by atoms with E-state index in [9.17, 15) is 13.2 Å². The van der Waals surface area contributed by atoms with Crippen LogP contribution in [0.5, 0.6) is 0 Å². The van der Waals surface area contributed by atoms with E-state index < -0.39 is 17.8 Å². The van der Waals surface area contributed by atoms with Crippen LogP contribution in [0, 0.1) is 0 Å². The lowest BCUT2D eigenvalue weighted by molar-refractivity contribution is -0.0950. The van der Waals surface area contributed by atoms with Gasteiger partial charge in [-0.15, -0.1) is 0 Å². The van der Waals surface area contributed by atoms with Gasteiger partial charge in [0.15, 0.2) is 0 Å². The fraction of sp³-hybridized carbons (Fsp3) is 0.571. The zero-order valence-electron chi connectivity index (χ0n) is 11.6. The lowest BCUT2D eigenvalue weighted by Crippen LogP contribution is -2.21. The summed E-state index contributed by atoms with van der Waals surface area (Å²) >= 11 is 0. The molecule has 7 heteroatoms. The fourth-order valence-corrected chi connectivity index (χ4v) is 2.75. The van der Waals surface area contributed by atoms with Gasteiger partial charge in [0.2, 0.25) is 0 Å². The number of likely N-dealkylation sites (tertiary alicyclic amines) is 1. The lowest BCUT2D eigenvalue weighted by Gasteiger charge is -2.19. The first-order valence-corrected chi connectivity index (χ1v) is 7.07. The minimum Gasteiger partial charge on any atom is -0.299 e. The zero-order valence-corrected chi connectivity index (χ0v) is 11.6. The number of alkyl halides is 3. The molecule has 0 N–H and O–H groups in total. The van der Waals surface area contributed by atoms with Gasteiger partial charge in [-0.25, -0.2) is 0 Å². The van der Waals surface area contributed by atoms with Crippen molar-refractivity contribution in [2.75, 3.05) is 13.1 Å². The van der Waals surface area contributed by atoms with E-state index in [1.165, 1.54) is 19.1 Å². The Labute approximate surface area is 121 Å². The summed E-state index contributed by atoms with van der Waals surface area (Å²) in [5.74, 6) is 0. The first-order valence-electron chi connectivity index (χ1n) is 7.07. The maximum atomic E-state index is 12.7. The number of aromatic nitrogens is 2. The van der Waals surface area contributed by atoms with Crippen molar-refractivity contribution in [3.05, 3.63) is 29.7 Å². The normalized spacial score (nSPS) is 23.6. The molecular weight excluding hydrogens is 281 g/mol. The second kappa shape index (κ2) is 5.63. The monoisotopic (exact) mass is 298 g/mol. The van der Waals surface area contributed by atoms with Gasteiger partial charge in [0, 0.05) is 37.1 Å². The molecule has 0 aromatic carbocycles. The highest BCUT2D eigenvalue weighted by Crippen LogP contribution is 2.33. The van der Waals surface area contributed by atoms with Crippen LogP contribution < -0.4 is 0 Å². The van der Waals surface area contributed by atoms with Crippen molar-refractivity contribution < 1.29 is 13.2 Å². The van der Waals surface area contributed by atoms with E-state index in [2.05, 4.69) is 15.0 Å². The van der Waals surface area contributed by atoms with Crippen molar-refractivity contribution in [3.63, 3.8) is 0 Å². The summed E-state index contributed by atoms with van der Waals surface area (Å²) < 4.78 is 39.8. The minimum absolute atomic E-state index is 0.113. The number of hydrogen-bond acceptors (Lipinski definition) is 3. The molecule has 4 nitrogen and oxygen atoms in total. The van der Waals surface area contributed by atoms with Crippen LogP contribution in [-0.2, 0) is 6.54 Å². The molecule has 0 amide bonds. The number of rotatable bonds is 3. The first kappa shape index (κ1) is 14.3. The molecule has 0 spiro atoms. The summed E-state index contributed by atoms with van der Waals surface area (Å²) in [6, 6.07) is -0.459. The second-order valence-electron chi connectivity index (χ2n) is 5.53. The first-order chi connectivity index (χ1) is 10.0. The van der Waals surface area contributed by atoms with Crippen LogP contribution in [0.3, 0.4) is 0 Å². The molecule has 2 aliphatic rings. The Kier molecular flexibility index (Phi) is 3.84. The Bertz CT molecular complexity index is 553. The van der Waals surface area contributed by atoms with Crippen LogP contribution in [0.1, 0.15) is 30.9 Å². The largest absolute Gasteiger partial charge is 0.414 e. The highest BCUT2D eigenvalue weighted by molar-refractivity contribution is 5.65. The van der Waals surface area contributed by atoms with Crippen LogP contribution in [-0.4, -0.2) is 40.2 Å². The van der Waals surface area contributed by atoms with Crippen molar-refractivity contribution in [2.45, 2.75) is 38.0 Å². The smallest absolute Gasteiger partial charge is 0.299 e. The van der Waals surface area contributed by atoms with E-state index in [1.807, 2.05) is 6.20 Å². The van der Waals surface area contributed by atoms with Crippen LogP contribution in [0.2, 0.25) is 0 Å². The zero-order chi connectivity index (χ0) is 14.9. The molecule has 21 heavy (non-hydrogen) atoms. The lowest BCUT2D eigenvalue weighted by atomic mass is 10.1. The van der Waals surface area contributed by atoms with Crippen molar-refractivity contribution in [3.8, 4) is 0 Å². The van der Waals surface area contributed by atoms with E-state index >= 15 is 0 Å². The van der Waals surface area contributed by atoms with Crippen LogP contribution in [0.25, 0.3) is 0 Å². The molecule has 0 saturated carbocycles. The summed E-state index contributed by atoms with van der Waals surface area (Å²) in [5.41, 5.74) is 0.431. The Balaban J connectivity index is 1.66. The maximum absolute atomic E-state index is 12.7. The summed E-state index contributed by atoms with van der Waals surface area (Å²) in [4.78, 5) is 6.05. The fourth-order valence-electron chi connectivity index (χ4n) is 2.75. The Hall–Kier alpha value is -1.63. The average molecular weight is 298 g/mol. The highest BCUT2D eigenvalue weighted by atomic mass is 19.4. The molecule has 0 aliphatic carbocycles. The van der Waals surface area contributed by atoms with Gasteiger partial charge in [-0.05, 0) is 25.9 Å². The molecule has 0 radical (unpaired) electrons. The van der Waals surface area contributed by atoms with Crippen molar-refractivity contribution in [2.24, 2.45) is 4.99 Å². The van der Waals surface area contributed by atoms with Crippen molar-refractivity contribution in [1.82, 2.24) is 14.7 Å². The SMILES string of the molecule is FC(F)(F)C1=CN=CC(n2cc(CN3CCCC3)cn2)C1. The van der Waals surface area contributed by atoms with Gasteiger partial charge in [0.05, 0.1) is 17.8 Å². The summed E-state index contributed by atoms with van der Waals surface area (Å²) in [6.07, 6.45) is 3.96. The molecular formula is C14H17F3N4. The maximum Gasteiger partial charge on any atom is 0.414 e. The summed E-state index contributed by atoms with van der Waals surface area (Å²) in [7, 11) is 0. The van der Waals surface area contributed by atoms with Gasteiger partial charge in [-0.1, -0.05) is 0 Å². The number of nitrogens with zero attached hydrogens (tertiary/aromatic N) is 4. The topological polar surface area (TPSA) is 33.4 Å². The molecule has 1 unspecified atom stereocenters. The molecule has 1 atom stereocenters. The standard InChI is InChI=1S/C14H17F3N4/c15-14(16,17)12-5-13(8-18-7-12)21-10-11(6-19-21)9-20-3-1-2-4-20/h6-8,10,13H,1-5,9H2. The summed E-state index contributed by atoms with van der Waals surface area (Å²) in [5, 5.41) is 4.20. The quantitative estimate of drug-likeness (QED) is 0.859. The molecule has 3 heterocycles. The molecule has 1 aromatic rings. The van der Waals surface area contributed by atoms with Gasteiger partial charge in [-0.2, -0.15) is 18.3 Å². The third kappa shape index (κ3) is 3.34. The van der Waals surface area contributed by atoms with Crippen molar-refractivity contribution in [1.29, 1.82) is 0 Å². The van der Waals surface area contributed by atoms with Gasteiger partial charge in [0.1, 0.15) is 0 Å². The van der Waals surface area contributed by atoms with Crippen molar-refractivity contribution >= 4 is 6.21 Å². The number of halogens is 3. The molecule has 1 saturated heterocycles. The summed E-state index contributed by atoms with van der Waals surface area (Å²) in [6.45, 7) is 2.97. The minimum atomic E-state index is -4.32. The number of hydrogen-bond donors (Lipinski definition) is 0. The van der Waals surface area contributed by atoms with E-state index in [1.54, 1.807) is 10.9 Å². The molecule has 0 bridgehead atoms. The van der Waals surface area contributed by atoms with E-state index in [4.69, 9.17) is 0 Å². The Morgan fingerprint density at radius 2 is 2.00 bits per heavy atom. The van der Waals surface area contributed by atoms with Crippen LogP contribution in [0.15, 0.2) is 29.2 Å². The third-order valence-electron chi connectivity index (χ3n) is 3.88. The van der Waals surface area contributed by atoms with Gasteiger partial charge < -0.3 is 0 Å². The molecule has 114 valence electrons. The van der Waals surface area contributed by atoms with Gasteiger partial charge in [0.25, 0.3) is 0 Å². The molecule has 1 fully saturated rings. The van der Waals surface area contributed by atoms with Crippen LogP contribution >= 0.6 is 0 Å². The van der Waals surface area contributed by atoms with Crippen LogP contribution in [0.4, 0.5) is 13.2 Å². The van der Waals surface area contributed by atoms with E-state index in [0.717, 1.165) is 31.4 Å². The molecule has 2 aliphatic heterocycles. The predicted octanol–water partition coefficient (Wildman–Crippen LogP) is 2.94. The average Bonchev–Trinajstić information content (AvgIpc) is 3.10. The predicted molar refractivity (Wildman–Crippen MR) is 73.0 cm³/mol. The second-order valence-corrected chi connectivity index (χ2v) is 5.53. The van der Waals surface area contributed by atoms with E-state index in [-0.39, 0.29) is 6.42 Å². The Morgan fingerprint density at radius 1 is 1.24 bits per heavy atom. The number of aliphatic imine (C=N–C) groups is 1. The van der Waals surface area contributed by atoms with Gasteiger partial charge in [-0.3, -0.25) is 14.6 Å². The number of allylic oxidation sites excluding steroid dienone is 1. The highest BCUT2D eigenvalue weighted by Gasteiger charge is 2.36.